The number of rotatable bonds is 3. The molecule has 3 heteroatoms. The van der Waals surface area contributed by atoms with Crippen molar-refractivity contribution in [3.63, 3.8) is 0 Å². The Kier molecular flexibility index (Phi) is 4.84. The van der Waals surface area contributed by atoms with E-state index in [1.165, 1.54) is 5.56 Å². The lowest BCUT2D eigenvalue weighted by molar-refractivity contribution is 0.0650. The van der Waals surface area contributed by atoms with Gasteiger partial charge in [0.15, 0.2) is 0 Å². The van der Waals surface area contributed by atoms with Gasteiger partial charge in [-0.1, -0.05) is 39.0 Å². The number of hydrogen-bond donors (Lipinski definition) is 0. The Morgan fingerprint density at radius 1 is 1.14 bits per heavy atom. The van der Waals surface area contributed by atoms with Gasteiger partial charge in [0.05, 0.1) is 0 Å². The van der Waals surface area contributed by atoms with Crippen molar-refractivity contribution in [2.45, 2.75) is 26.2 Å². The number of carbonyl (C=O) groups excluding carboxylic acids is 1. The van der Waals surface area contributed by atoms with Gasteiger partial charge in [0.25, 0.3) is 5.91 Å². The first kappa shape index (κ1) is 15.8. The highest BCUT2D eigenvalue weighted by atomic mass is 16.2. The van der Waals surface area contributed by atoms with Crippen molar-refractivity contribution in [2.24, 2.45) is 0 Å². The smallest absolute Gasteiger partial charge is 0.253 e. The van der Waals surface area contributed by atoms with Gasteiger partial charge in [-0.3, -0.25) is 9.69 Å². The van der Waals surface area contributed by atoms with E-state index >= 15 is 0 Å². The molecule has 1 aliphatic heterocycles. The van der Waals surface area contributed by atoms with Crippen LogP contribution in [0.5, 0.6) is 0 Å². The summed E-state index contributed by atoms with van der Waals surface area (Å²) in [6, 6.07) is 8.06. The van der Waals surface area contributed by atoms with Gasteiger partial charge in [-0.25, -0.2) is 0 Å². The van der Waals surface area contributed by atoms with Crippen LogP contribution >= 0.6 is 0 Å². The van der Waals surface area contributed by atoms with Crippen LogP contribution in [0.25, 0.3) is 0 Å². The highest BCUT2D eigenvalue weighted by molar-refractivity contribution is 5.94. The molecule has 1 heterocycles. The summed E-state index contributed by atoms with van der Waals surface area (Å²) in [5.41, 5.74) is 2.17. The van der Waals surface area contributed by atoms with Crippen LogP contribution in [-0.2, 0) is 5.41 Å². The van der Waals surface area contributed by atoms with Crippen molar-refractivity contribution >= 4 is 5.91 Å². The summed E-state index contributed by atoms with van der Waals surface area (Å²) >= 11 is 0. The van der Waals surface area contributed by atoms with Gasteiger partial charge in [-0.15, -0.1) is 6.58 Å². The lowest BCUT2D eigenvalue weighted by Crippen LogP contribution is -2.48. The molecule has 0 aliphatic carbocycles. The maximum atomic E-state index is 12.5. The molecule has 1 aliphatic rings. The molecular formula is C18H26N2O. The molecule has 0 saturated carbocycles. The molecule has 21 heavy (non-hydrogen) atoms. The van der Waals surface area contributed by atoms with E-state index in [1.54, 1.807) is 0 Å². The van der Waals surface area contributed by atoms with Gasteiger partial charge >= 0.3 is 0 Å². The van der Waals surface area contributed by atoms with Crippen molar-refractivity contribution in [1.82, 2.24) is 9.80 Å². The van der Waals surface area contributed by atoms with Crippen LogP contribution in [0.2, 0.25) is 0 Å². The first-order valence-electron chi connectivity index (χ1n) is 7.65. The van der Waals surface area contributed by atoms with Crippen LogP contribution in [-0.4, -0.2) is 48.4 Å². The van der Waals surface area contributed by atoms with Crippen LogP contribution in [0.3, 0.4) is 0 Å². The van der Waals surface area contributed by atoms with Gasteiger partial charge in [0.1, 0.15) is 0 Å². The van der Waals surface area contributed by atoms with Gasteiger partial charge < -0.3 is 4.90 Å². The molecule has 0 spiro atoms. The lowest BCUT2D eigenvalue weighted by atomic mass is 9.86. The molecule has 2 rings (SSSR count). The van der Waals surface area contributed by atoms with E-state index in [0.29, 0.717) is 0 Å². The van der Waals surface area contributed by atoms with Crippen LogP contribution in [0.15, 0.2) is 36.9 Å². The third kappa shape index (κ3) is 3.94. The third-order valence-corrected chi connectivity index (χ3v) is 4.04. The molecule has 0 radical (unpaired) electrons. The maximum absolute atomic E-state index is 12.5. The summed E-state index contributed by atoms with van der Waals surface area (Å²) in [6.07, 6.45) is 1.92. The van der Waals surface area contributed by atoms with E-state index in [4.69, 9.17) is 0 Å². The Hall–Kier alpha value is -1.61. The topological polar surface area (TPSA) is 23.6 Å². The van der Waals surface area contributed by atoms with Crippen molar-refractivity contribution in [3.8, 4) is 0 Å². The van der Waals surface area contributed by atoms with E-state index in [1.807, 2.05) is 23.1 Å². The number of amides is 1. The summed E-state index contributed by atoms with van der Waals surface area (Å²) in [5.74, 6) is 0.147. The molecule has 114 valence electrons. The molecule has 1 aromatic carbocycles. The number of nitrogens with zero attached hydrogens (tertiary/aromatic N) is 2. The minimum absolute atomic E-state index is 0.123. The molecule has 0 bridgehead atoms. The fraction of sp³-hybridized carbons (Fsp3) is 0.500. The van der Waals surface area contributed by atoms with Gasteiger partial charge in [0, 0.05) is 38.3 Å². The zero-order chi connectivity index (χ0) is 15.5. The molecular weight excluding hydrogens is 260 g/mol. The monoisotopic (exact) mass is 286 g/mol. The zero-order valence-corrected chi connectivity index (χ0v) is 13.4. The SMILES string of the molecule is C=CCN1CCN(C(=O)c2ccc(C(C)(C)C)cc2)CC1. The van der Waals surface area contributed by atoms with Gasteiger partial charge in [0.2, 0.25) is 0 Å². The Balaban J connectivity index is 1.99. The Morgan fingerprint density at radius 3 is 2.19 bits per heavy atom. The minimum Gasteiger partial charge on any atom is -0.336 e. The fourth-order valence-electron chi connectivity index (χ4n) is 2.61. The van der Waals surface area contributed by atoms with Crippen molar-refractivity contribution < 1.29 is 4.79 Å². The van der Waals surface area contributed by atoms with Crippen molar-refractivity contribution in [3.05, 3.63) is 48.0 Å². The van der Waals surface area contributed by atoms with Crippen LogP contribution in [0, 0.1) is 0 Å². The van der Waals surface area contributed by atoms with E-state index in [0.717, 1.165) is 38.3 Å². The molecule has 0 aromatic heterocycles. The standard InChI is InChI=1S/C18H26N2O/c1-5-10-19-11-13-20(14-12-19)17(21)15-6-8-16(9-7-15)18(2,3)4/h5-9H,1,10-14H2,2-4H3. The molecule has 3 nitrogen and oxygen atoms in total. The minimum atomic E-state index is 0.123. The number of carbonyl (C=O) groups is 1. The number of piperazine rings is 1. The van der Waals surface area contributed by atoms with Gasteiger partial charge in [-0.2, -0.15) is 0 Å². The van der Waals surface area contributed by atoms with Crippen LogP contribution in [0.4, 0.5) is 0 Å². The average Bonchev–Trinajstić information content (AvgIpc) is 2.47. The van der Waals surface area contributed by atoms with E-state index in [9.17, 15) is 4.79 Å². The van der Waals surface area contributed by atoms with E-state index in [2.05, 4.69) is 44.4 Å². The first-order chi connectivity index (χ1) is 9.91. The van der Waals surface area contributed by atoms with E-state index < -0.39 is 0 Å². The van der Waals surface area contributed by atoms with Crippen molar-refractivity contribution in [1.29, 1.82) is 0 Å². The summed E-state index contributed by atoms with van der Waals surface area (Å²) in [7, 11) is 0. The summed E-state index contributed by atoms with van der Waals surface area (Å²) < 4.78 is 0. The van der Waals surface area contributed by atoms with Crippen molar-refractivity contribution in [2.75, 3.05) is 32.7 Å². The molecule has 1 fully saturated rings. The van der Waals surface area contributed by atoms with E-state index in [-0.39, 0.29) is 11.3 Å². The predicted octanol–water partition coefficient (Wildman–Crippen LogP) is 2.93. The maximum Gasteiger partial charge on any atom is 0.253 e. The lowest BCUT2D eigenvalue weighted by Gasteiger charge is -2.34. The number of hydrogen-bond acceptors (Lipinski definition) is 2. The normalized spacial score (nSPS) is 16.8. The molecule has 1 aromatic rings. The second kappa shape index (κ2) is 6.44. The highest BCUT2D eigenvalue weighted by Crippen LogP contribution is 2.22. The first-order valence-corrected chi connectivity index (χ1v) is 7.65. The predicted molar refractivity (Wildman–Crippen MR) is 87.7 cm³/mol. The molecule has 0 atom stereocenters. The molecule has 1 saturated heterocycles. The van der Waals surface area contributed by atoms with Crippen LogP contribution in [0.1, 0.15) is 36.7 Å². The Labute approximate surface area is 128 Å². The summed E-state index contributed by atoms with van der Waals surface area (Å²) in [4.78, 5) is 16.8. The highest BCUT2D eigenvalue weighted by Gasteiger charge is 2.22. The third-order valence-electron chi connectivity index (χ3n) is 4.04. The molecule has 0 N–H and O–H groups in total. The van der Waals surface area contributed by atoms with Gasteiger partial charge in [-0.05, 0) is 23.1 Å². The largest absolute Gasteiger partial charge is 0.336 e. The summed E-state index contributed by atoms with van der Waals surface area (Å²) in [6.45, 7) is 14.7. The zero-order valence-electron chi connectivity index (χ0n) is 13.4. The quantitative estimate of drug-likeness (QED) is 0.798. The Bertz CT molecular complexity index is 491. The average molecular weight is 286 g/mol. The molecule has 1 amide bonds. The molecule has 0 unspecified atom stereocenters. The Morgan fingerprint density at radius 2 is 1.71 bits per heavy atom. The van der Waals surface area contributed by atoms with Crippen LogP contribution < -0.4 is 0 Å². The number of benzene rings is 1. The second-order valence-electron chi connectivity index (χ2n) is 6.71. The summed E-state index contributed by atoms with van der Waals surface area (Å²) in [5, 5.41) is 0. The fourth-order valence-corrected chi connectivity index (χ4v) is 2.61. The second-order valence-corrected chi connectivity index (χ2v) is 6.71.